The van der Waals surface area contributed by atoms with Gasteiger partial charge in [-0.05, 0) is 24.6 Å². The molecule has 0 saturated carbocycles. The van der Waals surface area contributed by atoms with Crippen LogP contribution in [0.5, 0.6) is 5.75 Å². The molecule has 1 heterocycles. The summed E-state index contributed by atoms with van der Waals surface area (Å²) in [5.41, 5.74) is 1.69. The summed E-state index contributed by atoms with van der Waals surface area (Å²) in [7, 11) is 1.56. The number of para-hydroxylation sites is 2. The van der Waals surface area contributed by atoms with Gasteiger partial charge in [-0.1, -0.05) is 42.5 Å². The Kier molecular flexibility index (Phi) is 5.03. The van der Waals surface area contributed by atoms with E-state index in [9.17, 15) is 9.59 Å². The summed E-state index contributed by atoms with van der Waals surface area (Å²) in [6.07, 6.45) is 0.234. The van der Waals surface area contributed by atoms with Crippen molar-refractivity contribution >= 4 is 17.5 Å². The average molecular weight is 338 g/mol. The second-order valence-corrected chi connectivity index (χ2v) is 6.22. The number of hydrogen-bond acceptors (Lipinski definition) is 3. The zero-order chi connectivity index (χ0) is 17.8. The van der Waals surface area contributed by atoms with E-state index in [2.05, 4.69) is 5.32 Å². The van der Waals surface area contributed by atoms with E-state index >= 15 is 0 Å². The summed E-state index contributed by atoms with van der Waals surface area (Å²) in [5, 5.41) is 2.88. The van der Waals surface area contributed by atoms with Crippen LogP contribution in [0.2, 0.25) is 0 Å². The van der Waals surface area contributed by atoms with E-state index in [4.69, 9.17) is 4.74 Å². The van der Waals surface area contributed by atoms with Crippen molar-refractivity contribution in [3.8, 4) is 5.75 Å². The fourth-order valence-corrected chi connectivity index (χ4v) is 3.18. The van der Waals surface area contributed by atoms with Gasteiger partial charge in [-0.2, -0.15) is 0 Å². The van der Waals surface area contributed by atoms with E-state index in [0.29, 0.717) is 18.0 Å². The molecule has 2 atom stereocenters. The van der Waals surface area contributed by atoms with Crippen LogP contribution in [0.1, 0.15) is 24.9 Å². The minimum atomic E-state index is -0.358. The van der Waals surface area contributed by atoms with Crippen LogP contribution in [0.4, 0.5) is 5.69 Å². The zero-order valence-electron chi connectivity index (χ0n) is 14.4. The first kappa shape index (κ1) is 17.0. The predicted molar refractivity (Wildman–Crippen MR) is 96.3 cm³/mol. The number of ether oxygens (including phenoxy) is 1. The van der Waals surface area contributed by atoms with Crippen LogP contribution in [-0.2, 0) is 9.59 Å². The van der Waals surface area contributed by atoms with E-state index in [-0.39, 0.29) is 30.2 Å². The number of nitrogens with one attached hydrogen (secondary N) is 1. The predicted octanol–water partition coefficient (Wildman–Crippen LogP) is 3.24. The van der Waals surface area contributed by atoms with Crippen LogP contribution in [0.25, 0.3) is 0 Å². The molecule has 1 aliphatic rings. The zero-order valence-corrected chi connectivity index (χ0v) is 14.4. The second-order valence-electron chi connectivity index (χ2n) is 6.22. The average Bonchev–Trinajstić information content (AvgIpc) is 3.04. The van der Waals surface area contributed by atoms with Gasteiger partial charge in [-0.25, -0.2) is 0 Å². The van der Waals surface area contributed by atoms with Gasteiger partial charge in [-0.3, -0.25) is 9.59 Å². The molecule has 130 valence electrons. The van der Waals surface area contributed by atoms with Crippen molar-refractivity contribution in [3.05, 3.63) is 60.2 Å². The maximum atomic E-state index is 12.6. The molecule has 0 radical (unpaired) electrons. The molecule has 1 saturated heterocycles. The number of amides is 2. The number of carbonyl (C=O) groups is 2. The molecule has 2 amide bonds. The highest BCUT2D eigenvalue weighted by molar-refractivity contribution is 5.98. The normalized spacial score (nSPS) is 18.1. The molecule has 1 fully saturated rings. The highest BCUT2D eigenvalue weighted by Gasteiger charge is 2.37. The molecule has 5 heteroatoms. The number of carbonyl (C=O) groups excluding carboxylic acids is 2. The molecule has 2 aromatic carbocycles. The van der Waals surface area contributed by atoms with E-state index in [1.54, 1.807) is 24.1 Å². The molecule has 0 unspecified atom stereocenters. The Bertz CT molecular complexity index is 761. The standard InChI is InChI=1S/C20H22N2O3/c1-14(15-8-4-3-5-9-15)22-13-16(12-19(22)23)20(24)21-17-10-6-7-11-18(17)25-2/h3-11,14,16H,12-13H2,1-2H3,(H,21,24)/t14-,16-/m0/s1. The molecule has 0 bridgehead atoms. The van der Waals surface area contributed by atoms with Gasteiger partial charge in [0.1, 0.15) is 5.75 Å². The van der Waals surface area contributed by atoms with Crippen molar-refractivity contribution in [1.82, 2.24) is 4.90 Å². The fourth-order valence-electron chi connectivity index (χ4n) is 3.18. The second kappa shape index (κ2) is 7.38. The van der Waals surface area contributed by atoms with Crippen molar-refractivity contribution in [1.29, 1.82) is 0 Å². The van der Waals surface area contributed by atoms with Gasteiger partial charge in [-0.15, -0.1) is 0 Å². The van der Waals surface area contributed by atoms with E-state index in [1.807, 2.05) is 49.4 Å². The van der Waals surface area contributed by atoms with Gasteiger partial charge in [0.05, 0.1) is 24.8 Å². The Hall–Kier alpha value is -2.82. The summed E-state index contributed by atoms with van der Waals surface area (Å²) < 4.78 is 5.26. The number of anilines is 1. The third-order valence-electron chi connectivity index (χ3n) is 4.64. The number of benzene rings is 2. The summed E-state index contributed by atoms with van der Waals surface area (Å²) in [4.78, 5) is 26.8. The molecule has 5 nitrogen and oxygen atoms in total. The van der Waals surface area contributed by atoms with Gasteiger partial charge < -0.3 is 15.0 Å². The van der Waals surface area contributed by atoms with E-state index in [1.165, 1.54) is 0 Å². The Morgan fingerprint density at radius 2 is 1.84 bits per heavy atom. The highest BCUT2D eigenvalue weighted by Crippen LogP contribution is 2.30. The van der Waals surface area contributed by atoms with Crippen molar-refractivity contribution in [2.24, 2.45) is 5.92 Å². The highest BCUT2D eigenvalue weighted by atomic mass is 16.5. The lowest BCUT2D eigenvalue weighted by Crippen LogP contribution is -2.30. The van der Waals surface area contributed by atoms with Gasteiger partial charge in [0.15, 0.2) is 0 Å². The van der Waals surface area contributed by atoms with Crippen molar-refractivity contribution < 1.29 is 14.3 Å². The third-order valence-corrected chi connectivity index (χ3v) is 4.64. The Morgan fingerprint density at radius 3 is 2.56 bits per heavy atom. The van der Waals surface area contributed by atoms with Crippen molar-refractivity contribution in [2.45, 2.75) is 19.4 Å². The number of rotatable bonds is 5. The lowest BCUT2D eigenvalue weighted by molar-refractivity contribution is -0.129. The molecular weight excluding hydrogens is 316 g/mol. The molecule has 1 N–H and O–H groups in total. The summed E-state index contributed by atoms with van der Waals surface area (Å²) in [5.74, 6) is 0.107. The molecule has 25 heavy (non-hydrogen) atoms. The van der Waals surface area contributed by atoms with Crippen LogP contribution in [0.15, 0.2) is 54.6 Å². The Morgan fingerprint density at radius 1 is 1.16 bits per heavy atom. The quantitative estimate of drug-likeness (QED) is 0.910. The van der Waals surface area contributed by atoms with Gasteiger partial charge in [0.25, 0.3) is 0 Å². The van der Waals surface area contributed by atoms with Crippen LogP contribution in [0, 0.1) is 5.92 Å². The topological polar surface area (TPSA) is 58.6 Å². The smallest absolute Gasteiger partial charge is 0.229 e. The van der Waals surface area contributed by atoms with Crippen LogP contribution >= 0.6 is 0 Å². The monoisotopic (exact) mass is 338 g/mol. The first-order valence-corrected chi connectivity index (χ1v) is 8.38. The number of nitrogens with zero attached hydrogens (tertiary/aromatic N) is 1. The summed E-state index contributed by atoms with van der Waals surface area (Å²) in [6.45, 7) is 2.42. The number of hydrogen-bond donors (Lipinski definition) is 1. The molecule has 1 aliphatic heterocycles. The molecule has 0 spiro atoms. The third kappa shape index (κ3) is 3.65. The summed E-state index contributed by atoms with van der Waals surface area (Å²) in [6, 6.07) is 17.1. The Balaban J connectivity index is 1.68. The van der Waals surface area contributed by atoms with Crippen LogP contribution in [-0.4, -0.2) is 30.4 Å². The van der Waals surface area contributed by atoms with Crippen LogP contribution < -0.4 is 10.1 Å². The Labute approximate surface area is 147 Å². The van der Waals surface area contributed by atoms with E-state index < -0.39 is 0 Å². The lowest BCUT2D eigenvalue weighted by atomic mass is 10.1. The fraction of sp³-hybridized carbons (Fsp3) is 0.300. The molecule has 2 aromatic rings. The van der Waals surface area contributed by atoms with Crippen molar-refractivity contribution in [3.63, 3.8) is 0 Å². The molecule has 0 aliphatic carbocycles. The maximum Gasteiger partial charge on any atom is 0.229 e. The molecule has 0 aromatic heterocycles. The van der Waals surface area contributed by atoms with Crippen LogP contribution in [0.3, 0.4) is 0 Å². The van der Waals surface area contributed by atoms with Gasteiger partial charge in [0.2, 0.25) is 11.8 Å². The van der Waals surface area contributed by atoms with Crippen molar-refractivity contribution in [2.75, 3.05) is 19.0 Å². The minimum Gasteiger partial charge on any atom is -0.495 e. The first-order chi connectivity index (χ1) is 12.1. The summed E-state index contributed by atoms with van der Waals surface area (Å²) >= 11 is 0. The molecule has 3 rings (SSSR count). The van der Waals surface area contributed by atoms with E-state index in [0.717, 1.165) is 5.56 Å². The maximum absolute atomic E-state index is 12.6. The largest absolute Gasteiger partial charge is 0.495 e. The lowest BCUT2D eigenvalue weighted by Gasteiger charge is -2.25. The SMILES string of the molecule is COc1ccccc1NC(=O)[C@H]1CC(=O)N([C@@H](C)c2ccccc2)C1. The van der Waals surface area contributed by atoms with Gasteiger partial charge >= 0.3 is 0 Å². The van der Waals surface area contributed by atoms with Gasteiger partial charge in [0, 0.05) is 13.0 Å². The minimum absolute atomic E-state index is 0.0107. The molecular formula is C20H22N2O3. The number of likely N-dealkylation sites (tertiary alicyclic amines) is 1. The number of methoxy groups -OCH3 is 1. The first-order valence-electron chi connectivity index (χ1n) is 8.38.